The van der Waals surface area contributed by atoms with Gasteiger partial charge >= 0.3 is 0 Å². The molecule has 0 radical (unpaired) electrons. The summed E-state index contributed by atoms with van der Waals surface area (Å²) < 4.78 is 0. The second-order valence-electron chi connectivity index (χ2n) is 7.56. The summed E-state index contributed by atoms with van der Waals surface area (Å²) in [5.41, 5.74) is 3.35. The fourth-order valence-electron chi connectivity index (χ4n) is 4.16. The number of nitrogens with zero attached hydrogens (tertiary/aromatic N) is 2. The molecule has 2 aliphatic heterocycles. The van der Waals surface area contributed by atoms with E-state index in [9.17, 15) is 9.59 Å². The Hall–Kier alpha value is -3.15. The highest BCUT2D eigenvalue weighted by atomic mass is 35.5. The standard InChI is InChI=1S/C24H19ClN2O3/c1-15-7-9-16(10-8-15)21-20-22(30-27(21)19-5-3-2-4-6-19)24(29)26(23(20)28)18-13-11-17(25)12-14-18/h2-14,20-22H,1H3/t20-,21+,22-/m1/s1. The number of hydroxylamine groups is 1. The third kappa shape index (κ3) is 2.98. The van der Waals surface area contributed by atoms with Gasteiger partial charge in [0.25, 0.3) is 5.91 Å². The fourth-order valence-corrected chi connectivity index (χ4v) is 4.29. The second kappa shape index (κ2) is 7.27. The highest BCUT2D eigenvalue weighted by Gasteiger charge is 2.60. The predicted molar refractivity (Wildman–Crippen MR) is 115 cm³/mol. The fraction of sp³-hybridized carbons (Fsp3) is 0.167. The van der Waals surface area contributed by atoms with Crippen LogP contribution in [0.3, 0.4) is 0 Å². The van der Waals surface area contributed by atoms with Crippen molar-refractivity contribution in [3.05, 3.63) is 95.0 Å². The van der Waals surface area contributed by atoms with Crippen LogP contribution in [0.2, 0.25) is 5.02 Å². The monoisotopic (exact) mass is 418 g/mol. The SMILES string of the molecule is Cc1ccc([C@H]2[C@H]3C(=O)N(c4ccc(Cl)cc4)C(=O)[C@@H]3ON2c2ccccc2)cc1. The van der Waals surface area contributed by atoms with E-state index in [2.05, 4.69) is 0 Å². The van der Waals surface area contributed by atoms with E-state index in [-0.39, 0.29) is 11.8 Å². The van der Waals surface area contributed by atoms with Crippen molar-refractivity contribution in [3.8, 4) is 0 Å². The van der Waals surface area contributed by atoms with Gasteiger partial charge in [-0.3, -0.25) is 14.4 Å². The van der Waals surface area contributed by atoms with E-state index in [1.165, 1.54) is 4.90 Å². The average Bonchev–Trinajstić information content (AvgIpc) is 3.27. The summed E-state index contributed by atoms with van der Waals surface area (Å²) >= 11 is 5.97. The van der Waals surface area contributed by atoms with Crippen molar-refractivity contribution in [2.45, 2.75) is 19.1 Å². The third-order valence-corrected chi connectivity index (χ3v) is 5.88. The molecule has 3 aromatic rings. The molecule has 0 spiro atoms. The maximum atomic E-state index is 13.5. The molecule has 6 heteroatoms. The number of amides is 2. The number of halogens is 1. The van der Waals surface area contributed by atoms with Crippen LogP contribution in [0.25, 0.3) is 0 Å². The highest BCUT2D eigenvalue weighted by Crippen LogP contribution is 2.47. The number of imide groups is 1. The van der Waals surface area contributed by atoms with E-state index in [4.69, 9.17) is 16.4 Å². The number of carbonyl (C=O) groups excluding carboxylic acids is 2. The van der Waals surface area contributed by atoms with E-state index < -0.39 is 18.1 Å². The lowest BCUT2D eigenvalue weighted by Gasteiger charge is -2.28. The molecule has 3 aromatic carbocycles. The third-order valence-electron chi connectivity index (χ3n) is 5.63. The molecule has 0 bridgehead atoms. The molecule has 0 aliphatic carbocycles. The van der Waals surface area contributed by atoms with Crippen molar-refractivity contribution in [1.82, 2.24) is 0 Å². The van der Waals surface area contributed by atoms with Gasteiger partial charge in [0, 0.05) is 5.02 Å². The maximum absolute atomic E-state index is 13.5. The summed E-state index contributed by atoms with van der Waals surface area (Å²) in [6.07, 6.45) is -0.875. The Morgan fingerprint density at radius 3 is 2.13 bits per heavy atom. The van der Waals surface area contributed by atoms with Gasteiger partial charge in [-0.05, 0) is 48.9 Å². The van der Waals surface area contributed by atoms with Gasteiger partial charge in [-0.2, -0.15) is 0 Å². The van der Waals surface area contributed by atoms with Crippen LogP contribution in [0.15, 0.2) is 78.9 Å². The number of para-hydroxylation sites is 1. The van der Waals surface area contributed by atoms with Crippen molar-refractivity contribution in [2.24, 2.45) is 5.92 Å². The van der Waals surface area contributed by atoms with Crippen LogP contribution in [0.5, 0.6) is 0 Å². The van der Waals surface area contributed by atoms with Crippen LogP contribution in [0, 0.1) is 12.8 Å². The molecule has 2 amide bonds. The Bertz CT molecular complexity index is 1100. The first-order valence-electron chi connectivity index (χ1n) is 9.75. The van der Waals surface area contributed by atoms with Crippen molar-refractivity contribution in [2.75, 3.05) is 9.96 Å². The lowest BCUT2D eigenvalue weighted by atomic mass is 9.90. The number of hydrogen-bond donors (Lipinski definition) is 0. The molecule has 2 heterocycles. The molecule has 2 saturated heterocycles. The first kappa shape index (κ1) is 18.9. The first-order chi connectivity index (χ1) is 14.5. The lowest BCUT2D eigenvalue weighted by Crippen LogP contribution is -2.37. The van der Waals surface area contributed by atoms with Crippen LogP contribution in [0.4, 0.5) is 11.4 Å². The van der Waals surface area contributed by atoms with Gasteiger partial charge < -0.3 is 0 Å². The average molecular weight is 419 g/mol. The number of carbonyl (C=O) groups is 2. The van der Waals surface area contributed by atoms with Gasteiger partial charge in [-0.25, -0.2) is 9.96 Å². The number of benzene rings is 3. The Labute approximate surface area is 179 Å². The van der Waals surface area contributed by atoms with E-state index >= 15 is 0 Å². The van der Waals surface area contributed by atoms with Gasteiger partial charge in [0.2, 0.25) is 5.91 Å². The molecule has 5 nitrogen and oxygen atoms in total. The normalized spacial score (nSPS) is 23.2. The van der Waals surface area contributed by atoms with Gasteiger partial charge in [0.1, 0.15) is 5.92 Å². The van der Waals surface area contributed by atoms with E-state index in [0.29, 0.717) is 10.7 Å². The summed E-state index contributed by atoms with van der Waals surface area (Å²) in [6.45, 7) is 2.01. The van der Waals surface area contributed by atoms with Crippen molar-refractivity contribution in [1.29, 1.82) is 0 Å². The Morgan fingerprint density at radius 1 is 0.800 bits per heavy atom. The first-order valence-corrected chi connectivity index (χ1v) is 10.1. The quantitative estimate of drug-likeness (QED) is 0.578. The smallest absolute Gasteiger partial charge is 0.266 e. The van der Waals surface area contributed by atoms with Crippen molar-refractivity contribution in [3.63, 3.8) is 0 Å². The Morgan fingerprint density at radius 2 is 1.47 bits per heavy atom. The van der Waals surface area contributed by atoms with E-state index in [1.807, 2.05) is 61.5 Å². The zero-order valence-corrected chi connectivity index (χ0v) is 17.0. The van der Waals surface area contributed by atoms with Crippen molar-refractivity contribution < 1.29 is 14.4 Å². The van der Waals surface area contributed by atoms with E-state index in [1.54, 1.807) is 29.3 Å². The molecule has 150 valence electrons. The van der Waals surface area contributed by atoms with Gasteiger partial charge in [0.15, 0.2) is 6.10 Å². The second-order valence-corrected chi connectivity index (χ2v) is 7.99. The highest BCUT2D eigenvalue weighted by molar-refractivity contribution is 6.31. The predicted octanol–water partition coefficient (Wildman–Crippen LogP) is 4.70. The minimum atomic E-state index is -0.875. The summed E-state index contributed by atoms with van der Waals surface area (Å²) in [7, 11) is 0. The van der Waals surface area contributed by atoms with Crippen LogP contribution in [-0.2, 0) is 14.4 Å². The minimum Gasteiger partial charge on any atom is -0.273 e. The molecule has 5 rings (SSSR count). The number of hydrogen-bond acceptors (Lipinski definition) is 4. The zero-order chi connectivity index (χ0) is 20.8. The van der Waals surface area contributed by atoms with Crippen molar-refractivity contribution >= 4 is 34.8 Å². The molecule has 0 N–H and O–H groups in total. The molecule has 0 unspecified atom stereocenters. The molecule has 30 heavy (non-hydrogen) atoms. The zero-order valence-electron chi connectivity index (χ0n) is 16.2. The molecular weight excluding hydrogens is 400 g/mol. The topological polar surface area (TPSA) is 49.9 Å². The minimum absolute atomic E-state index is 0.267. The lowest BCUT2D eigenvalue weighted by molar-refractivity contribution is -0.126. The molecule has 3 atom stereocenters. The van der Waals surface area contributed by atoms with Crippen LogP contribution in [-0.4, -0.2) is 17.9 Å². The molecular formula is C24H19ClN2O3. The Kier molecular flexibility index (Phi) is 4.57. The summed E-state index contributed by atoms with van der Waals surface area (Å²) in [5, 5.41) is 2.25. The number of anilines is 2. The summed E-state index contributed by atoms with van der Waals surface area (Å²) in [4.78, 5) is 34.0. The van der Waals surface area contributed by atoms with Crippen LogP contribution in [0.1, 0.15) is 17.2 Å². The molecule has 0 saturated carbocycles. The van der Waals surface area contributed by atoms with Gasteiger partial charge in [-0.1, -0.05) is 59.6 Å². The largest absolute Gasteiger partial charge is 0.273 e. The van der Waals surface area contributed by atoms with Gasteiger partial charge in [-0.15, -0.1) is 0 Å². The number of rotatable bonds is 3. The maximum Gasteiger partial charge on any atom is 0.266 e. The summed E-state index contributed by atoms with van der Waals surface area (Å²) in [5.74, 6) is -1.27. The number of fused-ring (bicyclic) bond motifs is 1. The van der Waals surface area contributed by atoms with Crippen LogP contribution >= 0.6 is 11.6 Å². The van der Waals surface area contributed by atoms with E-state index in [0.717, 1.165) is 16.8 Å². The molecule has 2 fully saturated rings. The Balaban J connectivity index is 1.58. The summed E-state index contributed by atoms with van der Waals surface area (Å²) in [6, 6.07) is 23.8. The number of aryl methyl sites for hydroxylation is 1. The van der Waals surface area contributed by atoms with Gasteiger partial charge in [0.05, 0.1) is 17.4 Å². The molecule has 2 aliphatic rings. The molecule has 0 aromatic heterocycles. The van der Waals surface area contributed by atoms with Crippen LogP contribution < -0.4 is 9.96 Å².